The number of hydrogen-bond acceptors (Lipinski definition) is 4. The molecule has 0 aliphatic rings. The molecule has 2 heterocycles. The van der Waals surface area contributed by atoms with Gasteiger partial charge in [-0.2, -0.15) is 5.10 Å². The summed E-state index contributed by atoms with van der Waals surface area (Å²) in [7, 11) is -3.55. The van der Waals surface area contributed by atoms with E-state index >= 15 is 0 Å². The Hall–Kier alpha value is -1.47. The molecule has 2 aromatic rings. The summed E-state index contributed by atoms with van der Waals surface area (Å²) in [5.74, 6) is -0.274. The van der Waals surface area contributed by atoms with Crippen molar-refractivity contribution in [1.29, 1.82) is 0 Å². The second-order valence-corrected chi connectivity index (χ2v) is 4.51. The molecule has 0 aliphatic carbocycles. The van der Waals surface area contributed by atoms with Crippen LogP contribution in [0.2, 0.25) is 0 Å². The molecule has 0 aromatic carbocycles. The largest absolute Gasteiger partial charge is 0.278 e. The number of aromatic amines is 1. The van der Waals surface area contributed by atoms with E-state index in [1.807, 2.05) is 0 Å². The fourth-order valence-corrected chi connectivity index (χ4v) is 1.84. The topological polar surface area (TPSA) is 102 Å². The van der Waals surface area contributed by atoms with Crippen LogP contribution in [-0.2, 0) is 15.8 Å². The molecule has 0 bridgehead atoms. The molecule has 3 N–H and O–H groups in total. The zero-order valence-electron chi connectivity index (χ0n) is 7.14. The van der Waals surface area contributed by atoms with E-state index in [0.717, 1.165) is 5.52 Å². The Labute approximate surface area is 80.2 Å². The number of primary sulfonamides is 1. The van der Waals surface area contributed by atoms with Crippen LogP contribution in [0.5, 0.6) is 0 Å². The highest BCUT2D eigenvalue weighted by molar-refractivity contribution is 7.88. The van der Waals surface area contributed by atoms with Crippen LogP contribution in [0.1, 0.15) is 5.69 Å². The fraction of sp³-hybridized carbons (Fsp3) is 0.143. The van der Waals surface area contributed by atoms with E-state index < -0.39 is 10.0 Å². The number of nitrogens with two attached hydrogens (primary N) is 1. The lowest BCUT2D eigenvalue weighted by atomic mass is 10.2. The summed E-state index contributed by atoms with van der Waals surface area (Å²) < 4.78 is 21.7. The summed E-state index contributed by atoms with van der Waals surface area (Å²) in [4.78, 5) is 3.95. The Morgan fingerprint density at radius 3 is 3.00 bits per heavy atom. The molecule has 2 aromatic heterocycles. The van der Waals surface area contributed by atoms with Gasteiger partial charge in [-0.15, -0.1) is 0 Å². The molecule has 7 heteroatoms. The smallest absolute Gasteiger partial charge is 0.214 e. The first-order chi connectivity index (χ1) is 6.56. The molecular weight excluding hydrogens is 204 g/mol. The maximum atomic E-state index is 10.9. The number of nitrogens with one attached hydrogen (secondary N) is 1. The first-order valence-corrected chi connectivity index (χ1v) is 5.55. The van der Waals surface area contributed by atoms with Crippen molar-refractivity contribution in [2.45, 2.75) is 5.75 Å². The van der Waals surface area contributed by atoms with Crippen molar-refractivity contribution < 1.29 is 8.42 Å². The van der Waals surface area contributed by atoms with Crippen molar-refractivity contribution in [3.05, 3.63) is 24.2 Å². The third-order valence-corrected chi connectivity index (χ3v) is 2.47. The van der Waals surface area contributed by atoms with Gasteiger partial charge in [0.15, 0.2) is 0 Å². The van der Waals surface area contributed by atoms with Gasteiger partial charge in [-0.05, 0) is 6.07 Å². The van der Waals surface area contributed by atoms with Crippen molar-refractivity contribution in [2.75, 3.05) is 0 Å². The maximum Gasteiger partial charge on any atom is 0.214 e. The van der Waals surface area contributed by atoms with Crippen LogP contribution >= 0.6 is 0 Å². The molecule has 0 spiro atoms. The molecule has 0 saturated carbocycles. The van der Waals surface area contributed by atoms with Crippen LogP contribution < -0.4 is 5.14 Å². The highest BCUT2D eigenvalue weighted by Crippen LogP contribution is 2.14. The average molecular weight is 212 g/mol. The zero-order chi connectivity index (χ0) is 10.2. The summed E-state index contributed by atoms with van der Waals surface area (Å²) in [6.45, 7) is 0. The van der Waals surface area contributed by atoms with Gasteiger partial charge < -0.3 is 0 Å². The van der Waals surface area contributed by atoms with Crippen molar-refractivity contribution in [3.8, 4) is 0 Å². The molecule has 14 heavy (non-hydrogen) atoms. The van der Waals surface area contributed by atoms with Crippen LogP contribution in [0.3, 0.4) is 0 Å². The molecule has 6 nitrogen and oxygen atoms in total. The first kappa shape index (κ1) is 9.10. The third kappa shape index (κ3) is 1.73. The Morgan fingerprint density at radius 2 is 2.29 bits per heavy atom. The Kier molecular flexibility index (Phi) is 1.97. The standard InChI is InChI=1S/C7H8N4O2S/c8-14(12,13)4-7-5-3-10-11-6(5)1-2-9-7/h1-3H,4H2,(H,10,11)(H2,8,12,13). The van der Waals surface area contributed by atoms with Crippen molar-refractivity contribution in [1.82, 2.24) is 15.2 Å². The second-order valence-electron chi connectivity index (χ2n) is 2.90. The zero-order valence-corrected chi connectivity index (χ0v) is 7.95. The Bertz CT molecular complexity index is 560. The van der Waals surface area contributed by atoms with Crippen LogP contribution in [0.15, 0.2) is 18.5 Å². The van der Waals surface area contributed by atoms with Gasteiger partial charge in [0.1, 0.15) is 5.75 Å². The summed E-state index contributed by atoms with van der Waals surface area (Å²) >= 11 is 0. The van der Waals surface area contributed by atoms with Gasteiger partial charge in [0.2, 0.25) is 10.0 Å². The van der Waals surface area contributed by atoms with Gasteiger partial charge in [-0.3, -0.25) is 10.1 Å². The van der Waals surface area contributed by atoms with Crippen molar-refractivity contribution in [2.24, 2.45) is 5.14 Å². The van der Waals surface area contributed by atoms with E-state index in [1.54, 1.807) is 6.07 Å². The summed E-state index contributed by atoms with van der Waals surface area (Å²) in [6.07, 6.45) is 3.05. The molecule has 74 valence electrons. The normalized spacial score (nSPS) is 12.1. The molecule has 0 saturated heterocycles. The van der Waals surface area contributed by atoms with Crippen molar-refractivity contribution in [3.63, 3.8) is 0 Å². The predicted octanol–water partition coefficient (Wildman–Crippen LogP) is -0.254. The molecular formula is C7H8N4O2S. The minimum Gasteiger partial charge on any atom is -0.278 e. The van der Waals surface area contributed by atoms with E-state index in [2.05, 4.69) is 15.2 Å². The number of hydrogen-bond donors (Lipinski definition) is 2. The van der Waals surface area contributed by atoms with Gasteiger partial charge >= 0.3 is 0 Å². The van der Waals surface area contributed by atoms with E-state index in [1.165, 1.54) is 12.4 Å². The molecule has 0 radical (unpaired) electrons. The molecule has 0 aliphatic heterocycles. The molecule has 0 amide bonds. The first-order valence-electron chi connectivity index (χ1n) is 3.84. The monoisotopic (exact) mass is 212 g/mol. The number of sulfonamides is 1. The van der Waals surface area contributed by atoms with Crippen LogP contribution in [0.4, 0.5) is 0 Å². The van der Waals surface area contributed by atoms with Gasteiger partial charge in [0, 0.05) is 11.6 Å². The van der Waals surface area contributed by atoms with Crippen molar-refractivity contribution >= 4 is 20.9 Å². The van der Waals surface area contributed by atoms with E-state index in [-0.39, 0.29) is 5.75 Å². The molecule has 0 atom stereocenters. The molecule has 0 unspecified atom stereocenters. The lowest BCUT2D eigenvalue weighted by Gasteiger charge is -1.98. The number of pyridine rings is 1. The molecule has 2 rings (SSSR count). The maximum absolute atomic E-state index is 10.9. The Balaban J connectivity index is 2.57. The third-order valence-electron chi connectivity index (χ3n) is 1.79. The minimum atomic E-state index is -3.55. The quantitative estimate of drug-likeness (QED) is 0.716. The van der Waals surface area contributed by atoms with Gasteiger partial charge in [-0.1, -0.05) is 0 Å². The number of fused-ring (bicyclic) bond motifs is 1. The van der Waals surface area contributed by atoms with Crippen LogP contribution in [0.25, 0.3) is 10.9 Å². The van der Waals surface area contributed by atoms with Gasteiger partial charge in [0.05, 0.1) is 17.4 Å². The molecule has 0 fully saturated rings. The number of nitrogens with zero attached hydrogens (tertiary/aromatic N) is 2. The van der Waals surface area contributed by atoms with Gasteiger partial charge in [-0.25, -0.2) is 13.6 Å². The fourth-order valence-electron chi connectivity index (χ4n) is 1.23. The summed E-state index contributed by atoms with van der Waals surface area (Å²) in [6, 6.07) is 1.72. The minimum absolute atomic E-state index is 0.274. The summed E-state index contributed by atoms with van der Waals surface area (Å²) in [5, 5.41) is 12.1. The highest BCUT2D eigenvalue weighted by Gasteiger charge is 2.10. The van der Waals surface area contributed by atoms with E-state index in [4.69, 9.17) is 5.14 Å². The Morgan fingerprint density at radius 1 is 1.50 bits per heavy atom. The van der Waals surface area contributed by atoms with E-state index in [9.17, 15) is 8.42 Å². The SMILES string of the molecule is NS(=O)(=O)Cc1nccc2[nH]ncc12. The second kappa shape index (κ2) is 3.03. The van der Waals surface area contributed by atoms with Crippen LogP contribution in [-0.4, -0.2) is 23.6 Å². The number of rotatable bonds is 2. The highest BCUT2D eigenvalue weighted by atomic mass is 32.2. The van der Waals surface area contributed by atoms with Gasteiger partial charge in [0.25, 0.3) is 0 Å². The number of H-pyrrole nitrogens is 1. The van der Waals surface area contributed by atoms with E-state index in [0.29, 0.717) is 11.1 Å². The lowest BCUT2D eigenvalue weighted by Crippen LogP contribution is -2.15. The summed E-state index contributed by atoms with van der Waals surface area (Å²) in [5.41, 5.74) is 1.16. The predicted molar refractivity (Wildman–Crippen MR) is 50.7 cm³/mol. The van der Waals surface area contributed by atoms with Crippen LogP contribution in [0, 0.1) is 0 Å². The average Bonchev–Trinajstić information content (AvgIpc) is 2.49. The lowest BCUT2D eigenvalue weighted by molar-refractivity contribution is 0.596. The number of aromatic nitrogens is 3.